The lowest BCUT2D eigenvalue weighted by atomic mass is 9.76. The molecule has 1 aromatic heterocycles. The van der Waals surface area contributed by atoms with Crippen molar-refractivity contribution in [1.29, 1.82) is 0 Å². The second-order valence-electron chi connectivity index (χ2n) is 6.76. The second kappa shape index (κ2) is 5.94. The zero-order valence-electron chi connectivity index (χ0n) is 13.5. The highest BCUT2D eigenvalue weighted by atomic mass is 35.5. The topological polar surface area (TPSA) is 56.5 Å². The van der Waals surface area contributed by atoms with Crippen molar-refractivity contribution in [3.63, 3.8) is 0 Å². The number of hydrogen-bond acceptors (Lipinski definition) is 4. The number of rotatable bonds is 2. The van der Waals surface area contributed by atoms with Crippen LogP contribution in [0, 0.1) is 12.3 Å². The quantitative estimate of drug-likeness (QED) is 0.536. The van der Waals surface area contributed by atoms with Gasteiger partial charge in [-0.1, -0.05) is 37.0 Å². The smallest absolute Gasteiger partial charge is 0.379 e. The van der Waals surface area contributed by atoms with Gasteiger partial charge in [-0.3, -0.25) is 4.79 Å². The molecule has 126 valence electrons. The minimum atomic E-state index is -0.684. The molecule has 0 saturated heterocycles. The Morgan fingerprint density at radius 2 is 1.96 bits per heavy atom. The first-order valence-corrected chi connectivity index (χ1v) is 8.26. The Labute approximate surface area is 149 Å². The highest BCUT2D eigenvalue weighted by molar-refractivity contribution is 6.35. The van der Waals surface area contributed by atoms with Crippen LogP contribution in [0.5, 0.6) is 5.75 Å². The summed E-state index contributed by atoms with van der Waals surface area (Å²) in [5, 5.41) is 0.666. The van der Waals surface area contributed by atoms with Crippen molar-refractivity contribution < 1.29 is 18.7 Å². The molecule has 1 aliphatic rings. The zero-order chi connectivity index (χ0) is 17.6. The number of carbonyl (C=O) groups excluding carboxylic acids is 2. The van der Waals surface area contributed by atoms with Crippen molar-refractivity contribution in [2.75, 3.05) is 0 Å². The molecule has 0 N–H and O–H groups in total. The number of carbonyl (C=O) groups is 2. The maximum Gasteiger partial charge on any atom is 0.379 e. The number of Topliss-reactive ketones (excluding diaryl/α,β-unsaturated/α-hetero) is 1. The van der Waals surface area contributed by atoms with Crippen molar-refractivity contribution in [2.24, 2.45) is 5.41 Å². The van der Waals surface area contributed by atoms with Crippen LogP contribution in [0.1, 0.15) is 52.5 Å². The molecule has 0 atom stereocenters. The molecule has 1 aromatic carbocycles. The van der Waals surface area contributed by atoms with Gasteiger partial charge in [0.1, 0.15) is 11.5 Å². The van der Waals surface area contributed by atoms with E-state index in [2.05, 4.69) is 0 Å². The summed E-state index contributed by atoms with van der Waals surface area (Å²) in [5.74, 6) is 0.0780. The molecule has 0 amide bonds. The molecule has 0 bridgehead atoms. The number of benzene rings is 1. The number of esters is 1. The molecule has 3 rings (SSSR count). The third kappa shape index (κ3) is 3.08. The van der Waals surface area contributed by atoms with Crippen LogP contribution in [0.2, 0.25) is 10.0 Å². The van der Waals surface area contributed by atoms with E-state index in [1.54, 1.807) is 13.0 Å². The van der Waals surface area contributed by atoms with Crippen molar-refractivity contribution in [2.45, 2.75) is 33.6 Å². The second-order valence-corrected chi connectivity index (χ2v) is 7.60. The van der Waals surface area contributed by atoms with E-state index < -0.39 is 5.97 Å². The molecule has 0 radical (unpaired) electrons. The van der Waals surface area contributed by atoms with Gasteiger partial charge in [0.25, 0.3) is 0 Å². The van der Waals surface area contributed by atoms with Crippen molar-refractivity contribution in [3.8, 4) is 5.75 Å². The molecule has 4 nitrogen and oxygen atoms in total. The summed E-state index contributed by atoms with van der Waals surface area (Å²) in [6.45, 7) is 5.69. The molecular formula is C18H16Cl2O4. The van der Waals surface area contributed by atoms with Crippen LogP contribution >= 0.6 is 23.2 Å². The summed E-state index contributed by atoms with van der Waals surface area (Å²) in [6, 6.07) is 4.56. The van der Waals surface area contributed by atoms with Crippen LogP contribution in [0.4, 0.5) is 0 Å². The molecule has 6 heteroatoms. The van der Waals surface area contributed by atoms with E-state index in [9.17, 15) is 9.59 Å². The van der Waals surface area contributed by atoms with E-state index in [0.717, 1.165) is 0 Å². The van der Waals surface area contributed by atoms with Gasteiger partial charge >= 0.3 is 5.97 Å². The van der Waals surface area contributed by atoms with Crippen LogP contribution in [-0.2, 0) is 6.42 Å². The largest absolute Gasteiger partial charge is 0.453 e. The van der Waals surface area contributed by atoms with Gasteiger partial charge < -0.3 is 9.15 Å². The summed E-state index contributed by atoms with van der Waals surface area (Å²) >= 11 is 11.8. The number of hydrogen-bond donors (Lipinski definition) is 0. The van der Waals surface area contributed by atoms with Crippen molar-refractivity contribution in [1.82, 2.24) is 0 Å². The Balaban J connectivity index is 1.93. The number of ether oxygens (including phenoxy) is 1. The van der Waals surface area contributed by atoms with Gasteiger partial charge in [0, 0.05) is 23.4 Å². The average Bonchev–Trinajstić information content (AvgIpc) is 2.77. The van der Waals surface area contributed by atoms with E-state index in [1.165, 1.54) is 12.1 Å². The highest BCUT2D eigenvalue weighted by Crippen LogP contribution is 2.38. The molecule has 0 spiro atoms. The molecule has 1 heterocycles. The van der Waals surface area contributed by atoms with Gasteiger partial charge in [0.15, 0.2) is 5.78 Å². The van der Waals surface area contributed by atoms with Gasteiger partial charge in [-0.25, -0.2) is 4.79 Å². The van der Waals surface area contributed by atoms with E-state index in [1.807, 2.05) is 13.8 Å². The van der Waals surface area contributed by atoms with Gasteiger partial charge in [-0.05, 0) is 30.5 Å². The fraction of sp³-hybridized carbons (Fsp3) is 0.333. The predicted octanol–water partition coefficient (Wildman–Crippen LogP) is 5.27. The van der Waals surface area contributed by atoms with Crippen molar-refractivity contribution in [3.05, 3.63) is 50.9 Å². The molecular weight excluding hydrogens is 351 g/mol. The minimum Gasteiger partial charge on any atom is -0.453 e. The first-order chi connectivity index (χ1) is 11.2. The van der Waals surface area contributed by atoms with E-state index >= 15 is 0 Å². The third-order valence-electron chi connectivity index (χ3n) is 4.06. The Morgan fingerprint density at radius 1 is 1.25 bits per heavy atom. The Morgan fingerprint density at radius 3 is 2.62 bits per heavy atom. The van der Waals surface area contributed by atoms with E-state index in [-0.39, 0.29) is 27.7 Å². The van der Waals surface area contributed by atoms with Crippen LogP contribution in [0.15, 0.2) is 22.6 Å². The lowest BCUT2D eigenvalue weighted by Crippen LogP contribution is -2.26. The Kier molecular flexibility index (Phi) is 4.22. The Bertz CT molecular complexity index is 849. The maximum atomic E-state index is 12.4. The van der Waals surface area contributed by atoms with E-state index in [0.29, 0.717) is 34.8 Å². The number of halogens is 2. The average molecular weight is 367 g/mol. The standard InChI is InChI=1S/C18H16Cl2O4/c1-9-15-12(21)7-18(2,3)8-14(15)23-16(9)17(22)24-13-5-4-10(19)6-11(13)20/h4-6H,7-8H2,1-3H3. The van der Waals surface area contributed by atoms with E-state index in [4.69, 9.17) is 32.4 Å². The zero-order valence-corrected chi connectivity index (χ0v) is 15.0. The lowest BCUT2D eigenvalue weighted by Gasteiger charge is -2.27. The van der Waals surface area contributed by atoms with Crippen LogP contribution in [-0.4, -0.2) is 11.8 Å². The summed E-state index contributed by atoms with van der Waals surface area (Å²) in [7, 11) is 0. The molecule has 1 aliphatic carbocycles. The Hall–Kier alpha value is -1.78. The van der Waals surface area contributed by atoms with Gasteiger partial charge in [0.2, 0.25) is 5.76 Å². The first-order valence-electron chi connectivity index (χ1n) is 7.50. The van der Waals surface area contributed by atoms with Crippen molar-refractivity contribution >= 4 is 35.0 Å². The van der Waals surface area contributed by atoms with Gasteiger partial charge in [-0.2, -0.15) is 0 Å². The molecule has 0 saturated carbocycles. The minimum absolute atomic E-state index is 0.00826. The predicted molar refractivity (Wildman–Crippen MR) is 91.3 cm³/mol. The number of fused-ring (bicyclic) bond motifs is 1. The van der Waals surface area contributed by atoms with Crippen LogP contribution in [0.3, 0.4) is 0 Å². The summed E-state index contributed by atoms with van der Waals surface area (Å²) in [5.41, 5.74) is 0.832. The molecule has 24 heavy (non-hydrogen) atoms. The molecule has 2 aromatic rings. The van der Waals surface area contributed by atoms with Gasteiger partial charge in [0.05, 0.1) is 10.6 Å². The molecule has 0 aliphatic heterocycles. The van der Waals surface area contributed by atoms with Crippen LogP contribution < -0.4 is 4.74 Å². The fourth-order valence-electron chi connectivity index (χ4n) is 2.98. The summed E-state index contributed by atoms with van der Waals surface area (Å²) in [4.78, 5) is 24.8. The van der Waals surface area contributed by atoms with Crippen LogP contribution in [0.25, 0.3) is 0 Å². The maximum absolute atomic E-state index is 12.4. The highest BCUT2D eigenvalue weighted by Gasteiger charge is 2.37. The fourth-order valence-corrected chi connectivity index (χ4v) is 3.43. The third-order valence-corrected chi connectivity index (χ3v) is 4.59. The normalized spacial score (nSPS) is 16.0. The first kappa shape index (κ1) is 17.1. The summed E-state index contributed by atoms with van der Waals surface area (Å²) in [6.07, 6.45) is 1.03. The monoisotopic (exact) mass is 366 g/mol. The SMILES string of the molecule is Cc1c(C(=O)Oc2ccc(Cl)cc2Cl)oc2c1C(=O)CC(C)(C)C2. The lowest BCUT2D eigenvalue weighted by molar-refractivity contribution is 0.0695. The molecule has 0 fully saturated rings. The molecule has 0 unspecified atom stereocenters. The summed E-state index contributed by atoms with van der Waals surface area (Å²) < 4.78 is 11.0. The van der Waals surface area contributed by atoms with Gasteiger partial charge in [-0.15, -0.1) is 0 Å². The number of furan rings is 1. The number of ketones is 1.